The van der Waals surface area contributed by atoms with Gasteiger partial charge in [0.15, 0.2) is 0 Å². The maximum atomic E-state index is 13.9. The minimum Gasteiger partial charge on any atom is -0.352 e. The van der Waals surface area contributed by atoms with Gasteiger partial charge in [-0.25, -0.2) is 8.42 Å². The van der Waals surface area contributed by atoms with Crippen LogP contribution >= 0.6 is 11.6 Å². The number of amides is 2. The molecule has 0 unspecified atom stereocenters. The number of carbonyl (C=O) groups is 2. The Morgan fingerprint density at radius 2 is 1.66 bits per heavy atom. The average Bonchev–Trinajstić information content (AvgIpc) is 2.88. The third kappa shape index (κ3) is 7.96. The summed E-state index contributed by atoms with van der Waals surface area (Å²) < 4.78 is 26.7. The van der Waals surface area contributed by atoms with Gasteiger partial charge in [-0.15, -0.1) is 0 Å². The fraction of sp³-hybridized carbons (Fsp3) is 0.517. The van der Waals surface area contributed by atoms with Crippen LogP contribution in [-0.4, -0.2) is 50.0 Å². The van der Waals surface area contributed by atoms with E-state index in [0.29, 0.717) is 22.7 Å². The molecule has 2 amide bonds. The third-order valence-corrected chi connectivity index (χ3v) is 8.67. The van der Waals surface area contributed by atoms with Crippen molar-refractivity contribution in [2.45, 2.75) is 83.8 Å². The van der Waals surface area contributed by atoms with Crippen LogP contribution in [0.25, 0.3) is 0 Å². The molecular weight excluding hydrogens is 522 g/mol. The summed E-state index contributed by atoms with van der Waals surface area (Å²) in [6, 6.07) is 13.7. The number of nitrogens with zero attached hydrogens (tertiary/aromatic N) is 2. The predicted octanol–water partition coefficient (Wildman–Crippen LogP) is 5.49. The van der Waals surface area contributed by atoms with Crippen molar-refractivity contribution in [2.24, 2.45) is 0 Å². The number of carbonyl (C=O) groups excluding carboxylic acids is 2. The van der Waals surface area contributed by atoms with Crippen molar-refractivity contribution < 1.29 is 18.0 Å². The van der Waals surface area contributed by atoms with Crippen LogP contribution in [-0.2, 0) is 26.2 Å². The average molecular weight is 562 g/mol. The molecule has 1 fully saturated rings. The zero-order chi connectivity index (χ0) is 27.9. The highest BCUT2D eigenvalue weighted by atomic mass is 35.5. The third-order valence-electron chi connectivity index (χ3n) is 7.16. The van der Waals surface area contributed by atoms with Crippen LogP contribution in [0, 0.1) is 0 Å². The van der Waals surface area contributed by atoms with Crippen LogP contribution in [0.4, 0.5) is 5.69 Å². The highest BCUT2D eigenvalue weighted by Gasteiger charge is 2.33. The van der Waals surface area contributed by atoms with E-state index in [-0.39, 0.29) is 24.4 Å². The Bertz CT molecular complexity index is 1190. The maximum Gasteiger partial charge on any atom is 0.244 e. The van der Waals surface area contributed by atoms with E-state index < -0.39 is 28.5 Å². The van der Waals surface area contributed by atoms with Gasteiger partial charge in [-0.1, -0.05) is 82.0 Å². The molecule has 2 aromatic rings. The SMILES string of the molecule is CC[C@@H](C(=O)NC1CCCCC1)N(Cc1ccccc1Cl)C(=O)CN(c1ccc(C(C)C)cc1)S(C)(=O)=O. The minimum absolute atomic E-state index is 0.0922. The molecule has 208 valence electrons. The molecule has 0 radical (unpaired) electrons. The van der Waals surface area contributed by atoms with Gasteiger partial charge in [-0.05, 0) is 54.5 Å². The van der Waals surface area contributed by atoms with Crippen molar-refractivity contribution in [3.63, 3.8) is 0 Å². The van der Waals surface area contributed by atoms with Crippen molar-refractivity contribution in [3.05, 3.63) is 64.7 Å². The lowest BCUT2D eigenvalue weighted by Gasteiger charge is -2.34. The zero-order valence-corrected chi connectivity index (χ0v) is 24.4. The van der Waals surface area contributed by atoms with E-state index >= 15 is 0 Å². The summed E-state index contributed by atoms with van der Waals surface area (Å²) >= 11 is 6.43. The molecule has 1 aliphatic carbocycles. The highest BCUT2D eigenvalue weighted by molar-refractivity contribution is 7.92. The normalized spacial score (nSPS) is 15.2. The van der Waals surface area contributed by atoms with Gasteiger partial charge >= 0.3 is 0 Å². The van der Waals surface area contributed by atoms with E-state index in [2.05, 4.69) is 19.2 Å². The number of nitrogens with one attached hydrogen (secondary N) is 1. The summed E-state index contributed by atoms with van der Waals surface area (Å²) in [5.41, 5.74) is 2.17. The lowest BCUT2D eigenvalue weighted by atomic mass is 9.95. The van der Waals surface area contributed by atoms with E-state index in [4.69, 9.17) is 11.6 Å². The smallest absolute Gasteiger partial charge is 0.244 e. The maximum absolute atomic E-state index is 13.9. The van der Waals surface area contributed by atoms with Crippen LogP contribution in [0.15, 0.2) is 48.5 Å². The molecule has 0 aromatic heterocycles. The standard InChI is InChI=1S/C29H40ClN3O4S/c1-5-27(29(35)31-24-12-7-6-8-13-24)32(19-23-11-9-10-14-26(23)30)28(34)20-33(38(4,36)37)25-17-15-22(16-18-25)21(2)3/h9-11,14-18,21,24,27H,5-8,12-13,19-20H2,1-4H3,(H,31,35)/t27-/m0/s1. The molecule has 3 rings (SSSR count). The van der Waals surface area contributed by atoms with E-state index in [1.54, 1.807) is 24.3 Å². The second-order valence-corrected chi connectivity index (χ2v) is 12.7. The van der Waals surface area contributed by atoms with Gasteiger partial charge < -0.3 is 10.2 Å². The number of anilines is 1. The van der Waals surface area contributed by atoms with Gasteiger partial charge in [-0.2, -0.15) is 0 Å². The largest absolute Gasteiger partial charge is 0.352 e. The molecule has 1 saturated carbocycles. The predicted molar refractivity (Wildman–Crippen MR) is 154 cm³/mol. The highest BCUT2D eigenvalue weighted by Crippen LogP contribution is 2.25. The Hall–Kier alpha value is -2.58. The molecule has 0 bridgehead atoms. The van der Waals surface area contributed by atoms with Crippen LogP contribution in [0.5, 0.6) is 0 Å². The quantitative estimate of drug-likeness (QED) is 0.393. The molecule has 38 heavy (non-hydrogen) atoms. The summed E-state index contributed by atoms with van der Waals surface area (Å²) in [5, 5.41) is 3.62. The fourth-order valence-electron chi connectivity index (χ4n) is 4.91. The summed E-state index contributed by atoms with van der Waals surface area (Å²) in [6.07, 6.45) is 6.63. The van der Waals surface area contributed by atoms with E-state index in [1.807, 2.05) is 31.2 Å². The van der Waals surface area contributed by atoms with Crippen LogP contribution in [0.2, 0.25) is 5.02 Å². The molecule has 1 atom stereocenters. The number of halogens is 1. The number of sulfonamides is 1. The summed E-state index contributed by atoms with van der Waals surface area (Å²) in [4.78, 5) is 28.8. The molecule has 1 N–H and O–H groups in total. The molecule has 2 aromatic carbocycles. The molecule has 7 nitrogen and oxygen atoms in total. The first kappa shape index (κ1) is 30.0. The molecule has 0 saturated heterocycles. The Kier molecular flexibility index (Phi) is 10.6. The van der Waals surface area contributed by atoms with Crippen LogP contribution in [0.1, 0.15) is 76.3 Å². The van der Waals surface area contributed by atoms with Gasteiger partial charge in [0.05, 0.1) is 11.9 Å². The number of hydrogen-bond donors (Lipinski definition) is 1. The van der Waals surface area contributed by atoms with Crippen molar-refractivity contribution >= 4 is 39.1 Å². The molecule has 0 heterocycles. The topological polar surface area (TPSA) is 86.8 Å². The zero-order valence-electron chi connectivity index (χ0n) is 22.8. The number of rotatable bonds is 11. The first-order chi connectivity index (χ1) is 18.0. The van der Waals surface area contributed by atoms with Gasteiger partial charge in [-0.3, -0.25) is 13.9 Å². The van der Waals surface area contributed by atoms with Crippen LogP contribution in [0.3, 0.4) is 0 Å². The van der Waals surface area contributed by atoms with Gasteiger partial charge in [0.25, 0.3) is 0 Å². The number of hydrogen-bond acceptors (Lipinski definition) is 4. The molecule has 0 spiro atoms. The van der Waals surface area contributed by atoms with Crippen molar-refractivity contribution in [3.8, 4) is 0 Å². The Labute approximate surface area is 232 Å². The van der Waals surface area contributed by atoms with E-state index in [9.17, 15) is 18.0 Å². The Balaban J connectivity index is 1.92. The second-order valence-electron chi connectivity index (χ2n) is 10.4. The second kappa shape index (κ2) is 13.5. The summed E-state index contributed by atoms with van der Waals surface area (Å²) in [5.74, 6) is -0.391. The van der Waals surface area contributed by atoms with Crippen molar-refractivity contribution in [1.29, 1.82) is 0 Å². The Morgan fingerprint density at radius 3 is 2.21 bits per heavy atom. The molecule has 0 aliphatic heterocycles. The first-order valence-electron chi connectivity index (χ1n) is 13.4. The lowest BCUT2D eigenvalue weighted by molar-refractivity contribution is -0.140. The summed E-state index contributed by atoms with van der Waals surface area (Å²) in [7, 11) is -3.78. The fourth-order valence-corrected chi connectivity index (χ4v) is 5.96. The van der Waals surface area contributed by atoms with Gasteiger partial charge in [0.1, 0.15) is 12.6 Å². The van der Waals surface area contributed by atoms with Gasteiger partial charge in [0.2, 0.25) is 21.8 Å². The molecule has 9 heteroatoms. The molecular formula is C29H40ClN3O4S. The monoisotopic (exact) mass is 561 g/mol. The van der Waals surface area contributed by atoms with E-state index in [1.165, 1.54) is 11.3 Å². The first-order valence-corrected chi connectivity index (χ1v) is 15.6. The Morgan fingerprint density at radius 1 is 1.03 bits per heavy atom. The van der Waals surface area contributed by atoms with Crippen molar-refractivity contribution in [2.75, 3.05) is 17.1 Å². The van der Waals surface area contributed by atoms with Crippen molar-refractivity contribution in [1.82, 2.24) is 10.2 Å². The van der Waals surface area contributed by atoms with Gasteiger partial charge in [0, 0.05) is 17.6 Å². The lowest BCUT2D eigenvalue weighted by Crippen LogP contribution is -2.54. The number of benzene rings is 2. The summed E-state index contributed by atoms with van der Waals surface area (Å²) in [6.45, 7) is 5.65. The molecule has 1 aliphatic rings. The minimum atomic E-state index is -3.78. The van der Waals surface area contributed by atoms with Crippen LogP contribution < -0.4 is 9.62 Å². The van der Waals surface area contributed by atoms with E-state index in [0.717, 1.165) is 41.8 Å².